The quantitative estimate of drug-likeness (QED) is 0.0222. The van der Waals surface area contributed by atoms with Crippen molar-refractivity contribution in [3.8, 4) is 0 Å². The van der Waals surface area contributed by atoms with Crippen LogP contribution in [0.3, 0.4) is 0 Å². The smallest absolute Gasteiger partial charge is 0.462 e. The number of hydrogen-bond donors (Lipinski definition) is 3. The van der Waals surface area contributed by atoms with Crippen LogP contribution >= 0.6 is 15.6 Å². The molecule has 0 aliphatic rings. The summed E-state index contributed by atoms with van der Waals surface area (Å²) in [5, 5.41) is 10.6. The van der Waals surface area contributed by atoms with Crippen LogP contribution in [0.2, 0.25) is 0 Å². The largest absolute Gasteiger partial charge is 0.472 e. The van der Waals surface area contributed by atoms with E-state index in [1.807, 2.05) is 0 Å². The molecule has 0 amide bonds. The molecule has 0 heterocycles. The lowest BCUT2D eigenvalue weighted by Crippen LogP contribution is -2.30. The van der Waals surface area contributed by atoms with E-state index in [9.17, 15) is 43.2 Å². The molecular formula is C80H156O17P2. The van der Waals surface area contributed by atoms with E-state index < -0.39 is 97.5 Å². The number of aliphatic hydroxyl groups is 1. The molecule has 0 saturated carbocycles. The molecule has 0 aliphatic heterocycles. The Labute approximate surface area is 607 Å². The standard InChI is InChI=1S/C80H156O17P2/c1-7-9-11-13-15-17-19-21-27-34-40-46-52-58-64-79(84)96-75(68-90-77(82)62-56-50-44-38-32-24-20-18-16-14-12-10-8-2)70-94-98(86,87)92-66-74(81)67-93-99(88,89)95-71-76(97-80(85)65-59-53-47-41-35-29-23-26-31-37-43-49-55-61-73(5)6)69-91-78(83)63-57-51-45-39-33-28-22-25-30-36-42-48-54-60-72(3)4/h72-76,81H,7-71H2,1-6H3,(H,86,87)(H,88,89)/t74-,75+,76+/m0/s1. The van der Waals surface area contributed by atoms with Gasteiger partial charge in [-0.05, 0) is 37.5 Å². The lowest BCUT2D eigenvalue weighted by atomic mass is 10.0. The second-order valence-electron chi connectivity index (χ2n) is 29.8. The lowest BCUT2D eigenvalue weighted by Gasteiger charge is -2.21. The molecule has 0 spiro atoms. The Morgan fingerprint density at radius 2 is 0.465 bits per heavy atom. The monoisotopic (exact) mass is 1450 g/mol. The molecule has 99 heavy (non-hydrogen) atoms. The van der Waals surface area contributed by atoms with Gasteiger partial charge in [-0.15, -0.1) is 0 Å². The Morgan fingerprint density at radius 1 is 0.273 bits per heavy atom. The van der Waals surface area contributed by atoms with Gasteiger partial charge in [0.2, 0.25) is 0 Å². The Hall–Kier alpha value is -1.94. The van der Waals surface area contributed by atoms with Gasteiger partial charge in [0.1, 0.15) is 19.3 Å². The van der Waals surface area contributed by atoms with Gasteiger partial charge in [0, 0.05) is 25.7 Å². The number of aliphatic hydroxyl groups excluding tert-OH is 1. The van der Waals surface area contributed by atoms with E-state index >= 15 is 0 Å². The molecule has 5 atom stereocenters. The average molecular weight is 1450 g/mol. The molecule has 0 bridgehead atoms. The fourth-order valence-corrected chi connectivity index (χ4v) is 13.9. The first-order valence-electron chi connectivity index (χ1n) is 41.5. The summed E-state index contributed by atoms with van der Waals surface area (Å²) in [4.78, 5) is 73.0. The Kier molecular flexibility index (Phi) is 70.3. The van der Waals surface area contributed by atoms with Gasteiger partial charge in [-0.1, -0.05) is 369 Å². The molecule has 2 unspecified atom stereocenters. The maximum Gasteiger partial charge on any atom is 0.472 e. The van der Waals surface area contributed by atoms with Crippen molar-refractivity contribution in [2.45, 2.75) is 439 Å². The van der Waals surface area contributed by atoms with Crippen molar-refractivity contribution in [3.63, 3.8) is 0 Å². The van der Waals surface area contributed by atoms with Crippen LogP contribution in [0.5, 0.6) is 0 Å². The predicted octanol–water partition coefficient (Wildman–Crippen LogP) is 23.9. The first-order chi connectivity index (χ1) is 47.9. The maximum absolute atomic E-state index is 13.1. The second kappa shape index (κ2) is 71.7. The van der Waals surface area contributed by atoms with Crippen molar-refractivity contribution in [1.82, 2.24) is 0 Å². The first-order valence-corrected chi connectivity index (χ1v) is 44.5. The number of hydrogen-bond acceptors (Lipinski definition) is 15. The summed E-state index contributed by atoms with van der Waals surface area (Å²) in [5.74, 6) is -0.529. The van der Waals surface area contributed by atoms with Crippen molar-refractivity contribution < 1.29 is 80.2 Å². The molecule has 19 heteroatoms. The van der Waals surface area contributed by atoms with E-state index in [1.165, 1.54) is 238 Å². The molecule has 0 radical (unpaired) electrons. The Bertz CT molecular complexity index is 1910. The number of phosphoric acid groups is 2. The minimum atomic E-state index is -4.96. The third-order valence-electron chi connectivity index (χ3n) is 18.7. The van der Waals surface area contributed by atoms with E-state index in [-0.39, 0.29) is 25.7 Å². The van der Waals surface area contributed by atoms with Gasteiger partial charge in [0.25, 0.3) is 0 Å². The van der Waals surface area contributed by atoms with E-state index in [1.54, 1.807) is 0 Å². The normalized spacial score (nSPS) is 13.9. The van der Waals surface area contributed by atoms with Crippen molar-refractivity contribution in [2.75, 3.05) is 39.6 Å². The SMILES string of the molecule is CCCCCCCCCCCCCCCCC(=O)O[C@H](COC(=O)CCCCCCCCCCCCCCC)COP(=O)(O)OC[C@H](O)COP(=O)(O)OC[C@@H](COC(=O)CCCCCCCCCCCCCCCC(C)C)OC(=O)CCCCCCCCCCCCCCCC(C)C. The molecule has 588 valence electrons. The van der Waals surface area contributed by atoms with Crippen LogP contribution in [0.15, 0.2) is 0 Å². The van der Waals surface area contributed by atoms with Crippen LogP contribution < -0.4 is 0 Å². The molecule has 0 aromatic heterocycles. The highest BCUT2D eigenvalue weighted by molar-refractivity contribution is 7.47. The molecule has 0 fully saturated rings. The van der Waals surface area contributed by atoms with Crippen LogP contribution in [0, 0.1) is 11.8 Å². The number of rotatable bonds is 79. The molecular weight excluding hydrogens is 1290 g/mol. The highest BCUT2D eigenvalue weighted by atomic mass is 31.2. The highest BCUT2D eigenvalue weighted by Gasteiger charge is 2.30. The third-order valence-corrected chi connectivity index (χ3v) is 20.6. The zero-order chi connectivity index (χ0) is 72.8. The number of phosphoric ester groups is 2. The van der Waals surface area contributed by atoms with E-state index in [4.69, 9.17) is 37.0 Å². The van der Waals surface area contributed by atoms with E-state index in [2.05, 4.69) is 41.5 Å². The molecule has 0 aromatic rings. The number of ether oxygens (including phenoxy) is 4. The molecule has 0 aromatic carbocycles. The molecule has 0 aliphatic carbocycles. The van der Waals surface area contributed by atoms with Gasteiger partial charge in [0.05, 0.1) is 26.4 Å². The van der Waals surface area contributed by atoms with Crippen LogP contribution in [-0.4, -0.2) is 96.7 Å². The van der Waals surface area contributed by atoms with Gasteiger partial charge >= 0.3 is 39.5 Å². The topological polar surface area (TPSA) is 237 Å². The van der Waals surface area contributed by atoms with Gasteiger partial charge in [0.15, 0.2) is 12.2 Å². The van der Waals surface area contributed by atoms with Crippen molar-refractivity contribution in [3.05, 3.63) is 0 Å². The molecule has 3 N–H and O–H groups in total. The van der Waals surface area contributed by atoms with Gasteiger partial charge < -0.3 is 33.8 Å². The number of carbonyl (C=O) groups is 4. The first kappa shape index (κ1) is 97.1. The summed E-state index contributed by atoms with van der Waals surface area (Å²) in [6, 6.07) is 0. The van der Waals surface area contributed by atoms with Crippen molar-refractivity contribution in [2.24, 2.45) is 11.8 Å². The van der Waals surface area contributed by atoms with Crippen LogP contribution in [0.4, 0.5) is 0 Å². The summed E-state index contributed by atoms with van der Waals surface area (Å²) in [5.41, 5.74) is 0. The fraction of sp³-hybridized carbons (Fsp3) is 0.950. The molecule has 17 nitrogen and oxygen atoms in total. The van der Waals surface area contributed by atoms with E-state index in [0.717, 1.165) is 102 Å². The van der Waals surface area contributed by atoms with Gasteiger partial charge in [-0.2, -0.15) is 0 Å². The minimum Gasteiger partial charge on any atom is -0.462 e. The summed E-state index contributed by atoms with van der Waals surface area (Å²) in [6.07, 6.45) is 60.8. The van der Waals surface area contributed by atoms with Crippen LogP contribution in [0.1, 0.15) is 420 Å². The second-order valence-corrected chi connectivity index (χ2v) is 32.7. The van der Waals surface area contributed by atoms with Gasteiger partial charge in [-0.3, -0.25) is 37.3 Å². The molecule has 0 rings (SSSR count). The lowest BCUT2D eigenvalue weighted by molar-refractivity contribution is -0.161. The Balaban J connectivity index is 5.27. The Morgan fingerprint density at radius 3 is 0.687 bits per heavy atom. The zero-order valence-corrected chi connectivity index (χ0v) is 66.6. The predicted molar refractivity (Wildman–Crippen MR) is 405 cm³/mol. The highest BCUT2D eigenvalue weighted by Crippen LogP contribution is 2.45. The maximum atomic E-state index is 13.1. The third kappa shape index (κ3) is 74.1. The van der Waals surface area contributed by atoms with Crippen molar-refractivity contribution in [1.29, 1.82) is 0 Å². The van der Waals surface area contributed by atoms with E-state index in [0.29, 0.717) is 25.7 Å². The van der Waals surface area contributed by atoms with Crippen LogP contribution in [-0.2, 0) is 65.4 Å². The van der Waals surface area contributed by atoms with Gasteiger partial charge in [-0.25, -0.2) is 9.13 Å². The minimum absolute atomic E-state index is 0.108. The van der Waals surface area contributed by atoms with Crippen molar-refractivity contribution >= 4 is 39.5 Å². The average Bonchev–Trinajstić information content (AvgIpc) is 1.23. The summed E-state index contributed by atoms with van der Waals surface area (Å²) >= 11 is 0. The summed E-state index contributed by atoms with van der Waals surface area (Å²) in [6.45, 7) is 9.67. The summed E-state index contributed by atoms with van der Waals surface area (Å²) < 4.78 is 68.7. The fourth-order valence-electron chi connectivity index (χ4n) is 12.4. The number of esters is 4. The van der Waals surface area contributed by atoms with Crippen LogP contribution in [0.25, 0.3) is 0 Å². The number of unbranched alkanes of at least 4 members (excludes halogenated alkanes) is 49. The zero-order valence-electron chi connectivity index (χ0n) is 64.8. The molecule has 0 saturated heterocycles. The number of carbonyl (C=O) groups excluding carboxylic acids is 4. The summed E-state index contributed by atoms with van der Waals surface area (Å²) in [7, 11) is -9.92.